The molecule has 0 saturated heterocycles. The van der Waals surface area contributed by atoms with E-state index in [-0.39, 0.29) is 36.5 Å². The predicted octanol–water partition coefficient (Wildman–Crippen LogP) is 11.1. The van der Waals surface area contributed by atoms with Gasteiger partial charge in [-0.25, -0.2) is 9.59 Å². The van der Waals surface area contributed by atoms with Crippen LogP contribution in [0.3, 0.4) is 0 Å². The highest BCUT2D eigenvalue weighted by Gasteiger charge is 2.30. The number of benzene rings is 6. The zero-order chi connectivity index (χ0) is 48.9. The Bertz CT molecular complexity index is 2140. The molecule has 70 heavy (non-hydrogen) atoms. The van der Waals surface area contributed by atoms with Crippen molar-refractivity contribution < 1.29 is 28.7 Å². The van der Waals surface area contributed by atoms with Gasteiger partial charge in [-0.05, 0) is 84.7 Å². The molecule has 0 fully saturated rings. The number of hydrogen-bond donors (Lipinski definition) is 2. The van der Waals surface area contributed by atoms with Gasteiger partial charge in [-0.2, -0.15) is 0 Å². The second-order valence-electron chi connectivity index (χ2n) is 17.1. The molecule has 2 N–H and O–H groups in total. The van der Waals surface area contributed by atoms with Gasteiger partial charge in [-0.3, -0.25) is 9.59 Å². The molecule has 0 aromatic heterocycles. The van der Waals surface area contributed by atoms with Crippen molar-refractivity contribution in [2.75, 3.05) is 37.7 Å². The van der Waals surface area contributed by atoms with E-state index in [0.717, 1.165) is 62.5 Å². The van der Waals surface area contributed by atoms with Crippen LogP contribution in [0.15, 0.2) is 182 Å². The minimum Gasteiger partial charge on any atom is -0.445 e. The van der Waals surface area contributed by atoms with Crippen LogP contribution in [0.1, 0.15) is 59.1 Å². The minimum absolute atomic E-state index is 0.0520. The molecule has 6 aromatic rings. The van der Waals surface area contributed by atoms with Gasteiger partial charge in [0.25, 0.3) is 0 Å². The Labute approximate surface area is 422 Å². The van der Waals surface area contributed by atoms with Crippen molar-refractivity contribution in [2.24, 2.45) is 0 Å². The molecule has 0 spiro atoms. The average Bonchev–Trinajstić information content (AvgIpc) is 3.40. The maximum atomic E-state index is 14.7. The highest BCUT2D eigenvalue weighted by atomic mass is 33.1. The zero-order valence-corrected chi connectivity index (χ0v) is 41.6. The van der Waals surface area contributed by atoms with Crippen molar-refractivity contribution in [2.45, 2.75) is 76.7 Å². The van der Waals surface area contributed by atoms with Gasteiger partial charge in [0.1, 0.15) is 25.3 Å². The van der Waals surface area contributed by atoms with E-state index in [2.05, 4.69) is 59.2 Å². The number of nitrogens with zero attached hydrogens (tertiary/aromatic N) is 2. The first-order valence-electron chi connectivity index (χ1n) is 24.3. The molecule has 1 unspecified atom stereocenters. The SMILES string of the molecule is O=C(NC(CSSC[C@H](NC(=O)OCc1ccccc1)C(=O)N(CCCc1ccccc1)CCCc1ccccc1)C(=O)N(CCCc1ccccc1)CCCc1ccccc1)OCc1ccccc1. The summed E-state index contributed by atoms with van der Waals surface area (Å²) in [6.07, 6.45) is 4.81. The highest BCUT2D eigenvalue weighted by molar-refractivity contribution is 8.76. The molecular formula is C58H66N4O6S2. The number of carbonyl (C=O) groups is 4. The van der Waals surface area contributed by atoms with Crippen LogP contribution in [0.5, 0.6) is 0 Å². The Kier molecular flexibility index (Phi) is 23.3. The maximum Gasteiger partial charge on any atom is 0.408 e. The lowest BCUT2D eigenvalue weighted by molar-refractivity contribution is -0.133. The summed E-state index contributed by atoms with van der Waals surface area (Å²) >= 11 is 0. The first-order chi connectivity index (χ1) is 34.4. The number of nitrogens with one attached hydrogen (secondary N) is 2. The molecule has 2 atom stereocenters. The summed E-state index contributed by atoms with van der Waals surface area (Å²) in [5.41, 5.74) is 6.42. The van der Waals surface area contributed by atoms with Crippen molar-refractivity contribution in [3.63, 3.8) is 0 Å². The van der Waals surface area contributed by atoms with Gasteiger partial charge in [0.15, 0.2) is 0 Å². The fourth-order valence-corrected chi connectivity index (χ4v) is 10.3. The van der Waals surface area contributed by atoms with Crippen LogP contribution in [-0.4, -0.2) is 83.6 Å². The molecule has 0 aliphatic heterocycles. The number of hydrogen-bond acceptors (Lipinski definition) is 8. The van der Waals surface area contributed by atoms with Crippen molar-refractivity contribution >= 4 is 45.6 Å². The fraction of sp³-hybridized carbons (Fsp3) is 0.310. The molecule has 0 aliphatic carbocycles. The molecule has 0 radical (unpaired) electrons. The van der Waals surface area contributed by atoms with Gasteiger partial charge >= 0.3 is 12.2 Å². The highest BCUT2D eigenvalue weighted by Crippen LogP contribution is 2.25. The van der Waals surface area contributed by atoms with Crippen LogP contribution >= 0.6 is 21.6 Å². The summed E-state index contributed by atoms with van der Waals surface area (Å²) in [6, 6.07) is 57.8. The lowest BCUT2D eigenvalue weighted by atomic mass is 10.1. The third kappa shape index (κ3) is 19.8. The smallest absolute Gasteiger partial charge is 0.408 e. The molecular weight excluding hydrogens is 913 g/mol. The molecule has 366 valence electrons. The first-order valence-corrected chi connectivity index (χ1v) is 26.8. The summed E-state index contributed by atoms with van der Waals surface area (Å²) in [7, 11) is 2.73. The van der Waals surface area contributed by atoms with E-state index in [1.54, 1.807) is 0 Å². The van der Waals surface area contributed by atoms with Crippen molar-refractivity contribution in [1.29, 1.82) is 0 Å². The molecule has 0 saturated carbocycles. The fourth-order valence-electron chi connectivity index (χ4n) is 7.98. The maximum absolute atomic E-state index is 14.7. The number of amides is 4. The van der Waals surface area contributed by atoms with Crippen LogP contribution in [0.2, 0.25) is 0 Å². The van der Waals surface area contributed by atoms with E-state index in [1.807, 2.05) is 143 Å². The van der Waals surface area contributed by atoms with Crippen molar-refractivity contribution in [3.05, 3.63) is 215 Å². The summed E-state index contributed by atoms with van der Waals surface area (Å²) in [5, 5.41) is 5.80. The minimum atomic E-state index is -0.931. The number of alkyl carbamates (subject to hydrolysis) is 2. The van der Waals surface area contributed by atoms with E-state index in [0.29, 0.717) is 26.2 Å². The van der Waals surface area contributed by atoms with E-state index in [9.17, 15) is 19.2 Å². The Balaban J connectivity index is 1.16. The van der Waals surface area contributed by atoms with Crippen LogP contribution in [0.4, 0.5) is 9.59 Å². The third-order valence-electron chi connectivity index (χ3n) is 11.7. The molecule has 6 aromatic carbocycles. The van der Waals surface area contributed by atoms with Gasteiger partial charge in [-0.15, -0.1) is 0 Å². The Morgan fingerprint density at radius 3 is 0.871 bits per heavy atom. The molecule has 12 heteroatoms. The summed E-state index contributed by atoms with van der Waals surface area (Å²) in [4.78, 5) is 60.1. The number of rotatable bonds is 29. The topological polar surface area (TPSA) is 117 Å². The Hall–Kier alpha value is -6.50. The number of carbonyl (C=O) groups excluding carboxylic acids is 4. The number of ether oxygens (including phenoxy) is 2. The van der Waals surface area contributed by atoms with Gasteiger partial charge in [0.05, 0.1) is 0 Å². The Morgan fingerprint density at radius 2 is 0.614 bits per heavy atom. The standard InChI is InChI=1S/C58H66N4O6S2/c63-55(61(39-19-35-47-23-7-1-8-24-47)40-20-36-48-25-9-2-10-26-48)53(59-57(65)67-43-51-31-15-5-16-32-51)45-69-70-46-54(60-58(66)68-44-52-33-17-6-18-34-52)56(64)62(41-21-37-49-27-11-3-12-28-49)42-22-38-50-29-13-4-14-30-50/h1-18,23-34,53-54H,19-22,35-46H2,(H,59,65)(H,60,66)/t53-,54?/m0/s1. The predicted molar refractivity (Wildman–Crippen MR) is 284 cm³/mol. The monoisotopic (exact) mass is 978 g/mol. The quantitative estimate of drug-likeness (QED) is 0.0353. The van der Waals surface area contributed by atoms with E-state index in [1.165, 1.54) is 43.8 Å². The number of aryl methyl sites for hydroxylation is 4. The van der Waals surface area contributed by atoms with Crippen molar-refractivity contribution in [3.8, 4) is 0 Å². The van der Waals surface area contributed by atoms with E-state index in [4.69, 9.17) is 9.47 Å². The van der Waals surface area contributed by atoms with Crippen LogP contribution in [0, 0.1) is 0 Å². The summed E-state index contributed by atoms with van der Waals surface area (Å²) in [5.74, 6) is -0.0300. The van der Waals surface area contributed by atoms with Gasteiger partial charge in [0, 0.05) is 37.7 Å². The zero-order valence-electron chi connectivity index (χ0n) is 39.9. The largest absolute Gasteiger partial charge is 0.445 e. The normalized spacial score (nSPS) is 11.7. The lowest BCUT2D eigenvalue weighted by Crippen LogP contribution is -2.51. The molecule has 10 nitrogen and oxygen atoms in total. The lowest BCUT2D eigenvalue weighted by Gasteiger charge is -2.29. The second-order valence-corrected chi connectivity index (χ2v) is 19.6. The molecule has 0 heterocycles. The van der Waals surface area contributed by atoms with Gasteiger partial charge in [0.2, 0.25) is 11.8 Å². The van der Waals surface area contributed by atoms with Crippen LogP contribution in [0.25, 0.3) is 0 Å². The van der Waals surface area contributed by atoms with Gasteiger partial charge in [-0.1, -0.05) is 204 Å². The summed E-state index contributed by atoms with van der Waals surface area (Å²) < 4.78 is 11.3. The summed E-state index contributed by atoms with van der Waals surface area (Å²) in [6.45, 7) is 2.13. The van der Waals surface area contributed by atoms with E-state index >= 15 is 0 Å². The molecule has 4 amide bonds. The molecule has 0 aliphatic rings. The molecule has 6 rings (SSSR count). The average molecular weight is 979 g/mol. The second kappa shape index (κ2) is 30.9. The third-order valence-corrected chi connectivity index (χ3v) is 14.1. The van der Waals surface area contributed by atoms with Crippen LogP contribution in [-0.2, 0) is 58.0 Å². The van der Waals surface area contributed by atoms with Crippen LogP contribution < -0.4 is 10.6 Å². The van der Waals surface area contributed by atoms with Gasteiger partial charge < -0.3 is 29.9 Å². The van der Waals surface area contributed by atoms with E-state index < -0.39 is 24.3 Å². The molecule has 0 bridgehead atoms. The Morgan fingerprint density at radius 1 is 0.371 bits per heavy atom. The van der Waals surface area contributed by atoms with Crippen molar-refractivity contribution in [1.82, 2.24) is 20.4 Å². The first kappa shape index (κ1) is 52.9.